The number of nitrogens with one attached hydrogen (secondary N) is 1. The lowest BCUT2D eigenvalue weighted by Crippen LogP contribution is -2.38. The minimum atomic E-state index is -4.25. The van der Waals surface area contributed by atoms with E-state index in [1.54, 1.807) is 12.1 Å². The smallest absolute Gasteiger partial charge is 0.321 e. The van der Waals surface area contributed by atoms with Gasteiger partial charge in [-0.3, -0.25) is 4.79 Å². The number of nitrogens with two attached hydrogens (primary N) is 1. The van der Waals surface area contributed by atoms with Gasteiger partial charge in [0.1, 0.15) is 11.9 Å². The predicted molar refractivity (Wildman–Crippen MR) is 105 cm³/mol. The molecule has 4 N–H and O–H groups in total. The molecule has 0 aliphatic rings. The molecule has 0 aliphatic heterocycles. The van der Waals surface area contributed by atoms with Gasteiger partial charge in [0.15, 0.2) is 0 Å². The zero-order valence-corrected chi connectivity index (χ0v) is 16.0. The molecule has 2 aromatic carbocycles. The Morgan fingerprint density at radius 1 is 1.10 bits per heavy atom. The molecule has 1 aromatic heterocycles. The van der Waals surface area contributed by atoms with Gasteiger partial charge < -0.3 is 10.8 Å². The number of aromatic nitrogens is 2. The van der Waals surface area contributed by atoms with Crippen molar-refractivity contribution in [2.75, 3.05) is 5.73 Å². The molecule has 0 saturated carbocycles. The van der Waals surface area contributed by atoms with Gasteiger partial charge in [-0.2, -0.15) is 4.72 Å². The van der Waals surface area contributed by atoms with E-state index in [9.17, 15) is 17.6 Å². The number of rotatable bonds is 6. The first-order valence-corrected chi connectivity index (χ1v) is 9.89. The first-order chi connectivity index (χ1) is 13.7. The molecule has 29 heavy (non-hydrogen) atoms. The van der Waals surface area contributed by atoms with Gasteiger partial charge in [0.2, 0.25) is 16.0 Å². The molecule has 0 unspecified atom stereocenters. The normalized spacial score (nSPS) is 12.5. The predicted octanol–water partition coefficient (Wildman–Crippen LogP) is 2.28. The Kier molecular flexibility index (Phi) is 5.57. The number of carboxylic acids is 1. The lowest BCUT2D eigenvalue weighted by atomic mass is 10.0. The average molecular weight is 416 g/mol. The van der Waals surface area contributed by atoms with E-state index in [4.69, 9.17) is 10.8 Å². The van der Waals surface area contributed by atoms with Gasteiger partial charge in [0, 0.05) is 23.5 Å². The van der Waals surface area contributed by atoms with Crippen molar-refractivity contribution in [3.05, 3.63) is 60.7 Å². The number of anilines is 1. The van der Waals surface area contributed by atoms with Crippen LogP contribution in [-0.2, 0) is 14.8 Å². The monoisotopic (exact) mass is 416 g/mol. The highest BCUT2D eigenvalue weighted by molar-refractivity contribution is 7.89. The van der Waals surface area contributed by atoms with Crippen molar-refractivity contribution < 1.29 is 22.7 Å². The minimum absolute atomic E-state index is 0.0647. The molecule has 1 atom stereocenters. The van der Waals surface area contributed by atoms with Crippen LogP contribution in [0.25, 0.3) is 22.3 Å². The summed E-state index contributed by atoms with van der Waals surface area (Å²) in [7, 11) is -4.25. The summed E-state index contributed by atoms with van der Waals surface area (Å²) in [5.74, 6) is -1.80. The fraction of sp³-hybridized carbons (Fsp3) is 0.105. The number of nitrogen functional groups attached to an aromatic ring is 1. The van der Waals surface area contributed by atoms with Gasteiger partial charge in [-0.05, 0) is 36.2 Å². The molecule has 0 saturated heterocycles. The summed E-state index contributed by atoms with van der Waals surface area (Å²) in [4.78, 5) is 18.7. The molecule has 10 heteroatoms. The Morgan fingerprint density at radius 2 is 1.79 bits per heavy atom. The van der Waals surface area contributed by atoms with E-state index in [0.29, 0.717) is 16.7 Å². The van der Waals surface area contributed by atoms with Crippen molar-refractivity contribution in [3.63, 3.8) is 0 Å². The molecule has 0 bridgehead atoms. The number of halogens is 1. The minimum Gasteiger partial charge on any atom is -0.480 e. The molecule has 8 nitrogen and oxygen atoms in total. The molecular formula is C19H17FN4O4S. The number of aliphatic carboxylic acids is 1. The molecule has 0 fully saturated rings. The van der Waals surface area contributed by atoms with Crippen molar-refractivity contribution in [3.8, 4) is 22.3 Å². The standard InChI is InChI=1S/C19H17FN4O4S/c1-11(18(25)26)24-29(27,28)17-8-12(14-9-22-19(21)23-10-14)5-6-16(17)13-3-2-4-15(20)7-13/h2-11,24H,1H3,(H,25,26)(H2,21,22,23)/t11-/m0/s1. The quantitative estimate of drug-likeness (QED) is 0.561. The summed E-state index contributed by atoms with van der Waals surface area (Å²) in [6, 6.07) is 8.59. The van der Waals surface area contributed by atoms with Crippen LogP contribution in [0.2, 0.25) is 0 Å². The molecule has 0 radical (unpaired) electrons. The molecule has 0 amide bonds. The lowest BCUT2D eigenvalue weighted by molar-refractivity contribution is -0.138. The Hall–Kier alpha value is -3.37. The number of benzene rings is 2. The van der Waals surface area contributed by atoms with Crippen molar-refractivity contribution in [2.45, 2.75) is 17.9 Å². The largest absolute Gasteiger partial charge is 0.480 e. The van der Waals surface area contributed by atoms with Crippen LogP contribution in [0.5, 0.6) is 0 Å². The number of sulfonamides is 1. The summed E-state index contributed by atoms with van der Waals surface area (Å²) in [5, 5.41) is 9.07. The molecule has 1 heterocycles. The number of carboxylic acid groups (broad SMARTS) is 1. The maximum Gasteiger partial charge on any atom is 0.321 e. The zero-order chi connectivity index (χ0) is 21.2. The lowest BCUT2D eigenvalue weighted by Gasteiger charge is -2.15. The van der Waals surface area contributed by atoms with E-state index in [-0.39, 0.29) is 16.4 Å². The number of hydrogen-bond acceptors (Lipinski definition) is 6. The SMILES string of the molecule is C[C@H](NS(=O)(=O)c1cc(-c2cnc(N)nc2)ccc1-c1cccc(F)c1)C(=O)O. The fourth-order valence-corrected chi connectivity index (χ4v) is 4.10. The van der Waals surface area contributed by atoms with Crippen LogP contribution in [0.3, 0.4) is 0 Å². The third kappa shape index (κ3) is 4.55. The highest BCUT2D eigenvalue weighted by Gasteiger charge is 2.25. The van der Waals surface area contributed by atoms with Gasteiger partial charge in [-0.15, -0.1) is 0 Å². The Morgan fingerprint density at radius 3 is 2.41 bits per heavy atom. The van der Waals surface area contributed by atoms with Crippen molar-refractivity contribution in [2.24, 2.45) is 0 Å². The van der Waals surface area contributed by atoms with E-state index in [2.05, 4.69) is 14.7 Å². The highest BCUT2D eigenvalue weighted by Crippen LogP contribution is 2.32. The second kappa shape index (κ2) is 7.94. The van der Waals surface area contributed by atoms with Gasteiger partial charge in [-0.1, -0.05) is 24.3 Å². The Bertz CT molecular complexity index is 1170. The van der Waals surface area contributed by atoms with Crippen LogP contribution in [0.15, 0.2) is 59.8 Å². The van der Waals surface area contributed by atoms with Crippen LogP contribution in [0, 0.1) is 5.82 Å². The first-order valence-electron chi connectivity index (χ1n) is 8.40. The number of carbonyl (C=O) groups is 1. The van der Waals surface area contributed by atoms with E-state index in [0.717, 1.165) is 0 Å². The third-order valence-corrected chi connectivity index (χ3v) is 5.69. The van der Waals surface area contributed by atoms with Crippen LogP contribution in [-0.4, -0.2) is 35.5 Å². The Labute approximate surface area is 166 Å². The highest BCUT2D eigenvalue weighted by atomic mass is 32.2. The summed E-state index contributed by atoms with van der Waals surface area (Å²) in [6.45, 7) is 1.21. The van der Waals surface area contributed by atoms with E-state index in [1.807, 2.05) is 0 Å². The van der Waals surface area contributed by atoms with Crippen molar-refractivity contribution >= 4 is 21.9 Å². The second-order valence-electron chi connectivity index (χ2n) is 6.23. The van der Waals surface area contributed by atoms with Crippen LogP contribution in [0.4, 0.5) is 10.3 Å². The molecule has 3 rings (SSSR count). The first kappa shape index (κ1) is 20.4. The summed E-state index contributed by atoms with van der Waals surface area (Å²) in [6.07, 6.45) is 2.87. The summed E-state index contributed by atoms with van der Waals surface area (Å²) < 4.78 is 41.7. The molecule has 150 valence electrons. The number of nitrogens with zero attached hydrogens (tertiary/aromatic N) is 2. The molecule has 0 aliphatic carbocycles. The van der Waals surface area contributed by atoms with Crippen molar-refractivity contribution in [1.29, 1.82) is 0 Å². The zero-order valence-electron chi connectivity index (χ0n) is 15.2. The van der Waals surface area contributed by atoms with Crippen LogP contribution < -0.4 is 10.5 Å². The van der Waals surface area contributed by atoms with E-state index in [1.165, 1.54) is 49.6 Å². The van der Waals surface area contributed by atoms with Gasteiger partial charge in [0.25, 0.3) is 0 Å². The Balaban J connectivity index is 2.18. The maximum atomic E-state index is 13.7. The van der Waals surface area contributed by atoms with Crippen LogP contribution >= 0.6 is 0 Å². The molecule has 0 spiro atoms. The topological polar surface area (TPSA) is 135 Å². The van der Waals surface area contributed by atoms with Gasteiger partial charge in [-0.25, -0.2) is 22.8 Å². The molecule has 3 aromatic rings. The third-order valence-electron chi connectivity index (χ3n) is 4.11. The van der Waals surface area contributed by atoms with Gasteiger partial charge in [0.05, 0.1) is 4.90 Å². The fourth-order valence-electron chi connectivity index (χ4n) is 2.65. The average Bonchev–Trinajstić information content (AvgIpc) is 2.68. The van der Waals surface area contributed by atoms with Crippen molar-refractivity contribution in [1.82, 2.24) is 14.7 Å². The van der Waals surface area contributed by atoms with E-state index >= 15 is 0 Å². The summed E-state index contributed by atoms with van der Waals surface area (Å²) >= 11 is 0. The van der Waals surface area contributed by atoms with Crippen LogP contribution in [0.1, 0.15) is 6.92 Å². The summed E-state index contributed by atoms with van der Waals surface area (Å²) in [5.41, 5.74) is 7.00. The maximum absolute atomic E-state index is 13.7. The second-order valence-corrected chi connectivity index (χ2v) is 7.91. The van der Waals surface area contributed by atoms with E-state index < -0.39 is 27.9 Å². The number of hydrogen-bond donors (Lipinski definition) is 3. The van der Waals surface area contributed by atoms with Gasteiger partial charge >= 0.3 is 5.97 Å². The molecular weight excluding hydrogens is 399 g/mol.